The fourth-order valence-corrected chi connectivity index (χ4v) is 5.56. The van der Waals surface area contributed by atoms with E-state index >= 15 is 0 Å². The molecule has 0 amide bonds. The van der Waals surface area contributed by atoms with E-state index in [4.69, 9.17) is 4.74 Å². The summed E-state index contributed by atoms with van der Waals surface area (Å²) in [5.41, 5.74) is 2.02. The van der Waals surface area contributed by atoms with Crippen LogP contribution in [-0.2, 0) is 11.2 Å². The van der Waals surface area contributed by atoms with Crippen LogP contribution >= 0.6 is 0 Å². The van der Waals surface area contributed by atoms with Crippen molar-refractivity contribution in [1.82, 2.24) is 14.7 Å². The number of fused-ring (bicyclic) bond motifs is 1. The molecule has 150 valence electrons. The number of aryl methyl sites for hydroxylation is 1. The molecule has 27 heavy (non-hydrogen) atoms. The second-order valence-electron chi connectivity index (χ2n) is 8.97. The average molecular weight is 372 g/mol. The van der Waals surface area contributed by atoms with Crippen LogP contribution in [-0.4, -0.2) is 86.8 Å². The first kappa shape index (κ1) is 19.4. The lowest BCUT2D eigenvalue weighted by molar-refractivity contribution is 0.0335. The number of ether oxygens (including phenoxy) is 1. The summed E-state index contributed by atoms with van der Waals surface area (Å²) in [7, 11) is 0. The number of hydrogen-bond acceptors (Lipinski definition) is 4. The lowest BCUT2D eigenvalue weighted by Gasteiger charge is -2.31. The van der Waals surface area contributed by atoms with E-state index in [2.05, 4.69) is 52.0 Å². The van der Waals surface area contributed by atoms with E-state index in [9.17, 15) is 0 Å². The fourth-order valence-electron chi connectivity index (χ4n) is 5.56. The lowest BCUT2D eigenvalue weighted by Crippen LogP contribution is -2.42. The van der Waals surface area contributed by atoms with E-state index in [-0.39, 0.29) is 0 Å². The number of morpholine rings is 1. The average Bonchev–Trinajstić information content (AvgIpc) is 3.20. The Morgan fingerprint density at radius 1 is 0.926 bits per heavy atom. The van der Waals surface area contributed by atoms with Crippen molar-refractivity contribution in [3.8, 4) is 0 Å². The van der Waals surface area contributed by atoms with Crippen LogP contribution in [0.25, 0.3) is 0 Å². The van der Waals surface area contributed by atoms with Gasteiger partial charge in [0.05, 0.1) is 13.2 Å². The number of nitrogens with zero attached hydrogens (tertiary/aromatic N) is 3. The van der Waals surface area contributed by atoms with Gasteiger partial charge in [0.25, 0.3) is 0 Å². The van der Waals surface area contributed by atoms with Gasteiger partial charge in [0.2, 0.25) is 0 Å². The molecule has 3 fully saturated rings. The van der Waals surface area contributed by atoms with Crippen LogP contribution in [0.5, 0.6) is 0 Å². The largest absolute Gasteiger partial charge is 0.379 e. The summed E-state index contributed by atoms with van der Waals surface area (Å²) in [6.45, 7) is 15.3. The van der Waals surface area contributed by atoms with Gasteiger partial charge < -0.3 is 14.5 Å². The molecule has 0 saturated carbocycles. The Balaban J connectivity index is 1.36. The summed E-state index contributed by atoms with van der Waals surface area (Å²) < 4.78 is 5.50. The zero-order valence-corrected chi connectivity index (χ0v) is 17.1. The minimum Gasteiger partial charge on any atom is -0.379 e. The zero-order chi connectivity index (χ0) is 18.5. The van der Waals surface area contributed by atoms with Crippen molar-refractivity contribution < 1.29 is 4.74 Å². The second kappa shape index (κ2) is 9.04. The topological polar surface area (TPSA) is 19.0 Å². The first-order valence-electron chi connectivity index (χ1n) is 11.1. The highest BCUT2D eigenvalue weighted by atomic mass is 16.5. The van der Waals surface area contributed by atoms with Crippen molar-refractivity contribution in [2.45, 2.75) is 26.2 Å². The van der Waals surface area contributed by atoms with Gasteiger partial charge in [-0.15, -0.1) is 0 Å². The summed E-state index contributed by atoms with van der Waals surface area (Å²) in [4.78, 5) is 8.10. The Morgan fingerprint density at radius 3 is 2.30 bits per heavy atom. The third kappa shape index (κ3) is 4.73. The fraction of sp³-hybridized carbons (Fsp3) is 0.739. The van der Waals surface area contributed by atoms with Gasteiger partial charge in [-0.3, -0.25) is 4.90 Å². The highest BCUT2D eigenvalue weighted by molar-refractivity contribution is 5.16. The lowest BCUT2D eigenvalue weighted by atomic mass is 9.76. The molecule has 4 rings (SSSR count). The minimum atomic E-state index is 0.510. The van der Waals surface area contributed by atoms with Gasteiger partial charge in [-0.25, -0.2) is 0 Å². The molecule has 1 aromatic carbocycles. The first-order chi connectivity index (χ1) is 13.3. The summed E-state index contributed by atoms with van der Waals surface area (Å²) in [6.07, 6.45) is 3.85. The monoisotopic (exact) mass is 371 g/mol. The van der Waals surface area contributed by atoms with E-state index in [1.807, 2.05) is 0 Å². The van der Waals surface area contributed by atoms with Gasteiger partial charge in [0, 0.05) is 57.8 Å². The Hall–Kier alpha value is -0.940. The van der Waals surface area contributed by atoms with Crippen LogP contribution in [0, 0.1) is 11.3 Å². The Morgan fingerprint density at radius 2 is 1.59 bits per heavy atom. The highest BCUT2D eigenvalue weighted by Gasteiger charge is 2.51. The molecule has 2 unspecified atom stereocenters. The van der Waals surface area contributed by atoms with Crippen LogP contribution in [0.4, 0.5) is 0 Å². The summed E-state index contributed by atoms with van der Waals surface area (Å²) >= 11 is 0. The van der Waals surface area contributed by atoms with E-state index < -0.39 is 0 Å². The van der Waals surface area contributed by atoms with Gasteiger partial charge in [-0.2, -0.15) is 0 Å². The molecular formula is C23H37N3O. The smallest absolute Gasteiger partial charge is 0.0594 e. The molecule has 3 saturated heterocycles. The summed E-state index contributed by atoms with van der Waals surface area (Å²) in [6, 6.07) is 11.1. The molecule has 3 aliphatic rings. The van der Waals surface area contributed by atoms with Gasteiger partial charge >= 0.3 is 0 Å². The molecule has 0 radical (unpaired) electrons. The molecule has 4 nitrogen and oxygen atoms in total. The standard InChI is InChI=1S/C23H37N3O/c1-2-10-25-17-22-18-26(12-11-24-13-15-27-16-14-24)20-23(22,19-25)9-8-21-6-4-3-5-7-21/h3-7,22H,2,8-20H2,1H3. The van der Waals surface area contributed by atoms with E-state index in [0.717, 1.165) is 32.2 Å². The molecule has 3 aliphatic heterocycles. The van der Waals surface area contributed by atoms with Crippen molar-refractivity contribution in [3.05, 3.63) is 35.9 Å². The Kier molecular flexibility index (Phi) is 6.49. The molecule has 0 N–H and O–H groups in total. The molecule has 0 spiro atoms. The van der Waals surface area contributed by atoms with Crippen molar-refractivity contribution in [2.24, 2.45) is 11.3 Å². The third-order valence-electron chi connectivity index (χ3n) is 7.03. The number of benzene rings is 1. The summed E-state index contributed by atoms with van der Waals surface area (Å²) in [5.74, 6) is 0.859. The Bertz CT molecular complexity index is 574. The minimum absolute atomic E-state index is 0.510. The van der Waals surface area contributed by atoms with Crippen molar-refractivity contribution >= 4 is 0 Å². The van der Waals surface area contributed by atoms with Crippen molar-refractivity contribution in [3.63, 3.8) is 0 Å². The molecule has 3 heterocycles. The molecule has 0 bridgehead atoms. The molecule has 4 heteroatoms. The quantitative estimate of drug-likeness (QED) is 0.699. The van der Waals surface area contributed by atoms with Crippen LogP contribution in [0.1, 0.15) is 25.3 Å². The first-order valence-corrected chi connectivity index (χ1v) is 11.1. The van der Waals surface area contributed by atoms with Crippen LogP contribution in [0.2, 0.25) is 0 Å². The SMILES string of the molecule is CCCN1CC2CN(CCN3CCOCC3)CC2(CCc2ccccc2)C1. The molecule has 1 aromatic rings. The second-order valence-corrected chi connectivity index (χ2v) is 8.97. The van der Waals surface area contributed by atoms with Gasteiger partial charge in [-0.1, -0.05) is 37.3 Å². The molecule has 0 aliphatic carbocycles. The number of likely N-dealkylation sites (tertiary alicyclic amines) is 2. The summed E-state index contributed by atoms with van der Waals surface area (Å²) in [5, 5.41) is 0. The van der Waals surface area contributed by atoms with Crippen LogP contribution < -0.4 is 0 Å². The molecule has 2 atom stereocenters. The third-order valence-corrected chi connectivity index (χ3v) is 7.03. The van der Waals surface area contributed by atoms with E-state index in [1.54, 1.807) is 0 Å². The van der Waals surface area contributed by atoms with Crippen LogP contribution in [0.15, 0.2) is 30.3 Å². The normalized spacial score (nSPS) is 30.0. The maximum Gasteiger partial charge on any atom is 0.0594 e. The van der Waals surface area contributed by atoms with Crippen LogP contribution in [0.3, 0.4) is 0 Å². The van der Waals surface area contributed by atoms with Gasteiger partial charge in [0.1, 0.15) is 0 Å². The van der Waals surface area contributed by atoms with E-state index in [0.29, 0.717) is 5.41 Å². The number of hydrogen-bond donors (Lipinski definition) is 0. The zero-order valence-electron chi connectivity index (χ0n) is 17.1. The maximum atomic E-state index is 5.50. The van der Waals surface area contributed by atoms with Crippen molar-refractivity contribution in [1.29, 1.82) is 0 Å². The predicted molar refractivity (Wildman–Crippen MR) is 111 cm³/mol. The van der Waals surface area contributed by atoms with Crippen molar-refractivity contribution in [2.75, 3.05) is 72.1 Å². The molecular weight excluding hydrogens is 334 g/mol. The van der Waals surface area contributed by atoms with Gasteiger partial charge in [0.15, 0.2) is 0 Å². The Labute approximate surface area is 165 Å². The van der Waals surface area contributed by atoms with Gasteiger partial charge in [-0.05, 0) is 37.3 Å². The number of rotatable bonds is 8. The highest BCUT2D eigenvalue weighted by Crippen LogP contribution is 2.45. The van der Waals surface area contributed by atoms with E-state index in [1.165, 1.54) is 70.6 Å². The maximum absolute atomic E-state index is 5.50. The molecule has 0 aromatic heterocycles. The predicted octanol–water partition coefficient (Wildman–Crippen LogP) is 2.60.